The first-order chi connectivity index (χ1) is 8.62. The molecule has 18 heavy (non-hydrogen) atoms. The molecule has 1 aromatic heterocycles. The molecule has 0 aliphatic heterocycles. The number of rotatable bonds is 5. The van der Waals surface area contributed by atoms with Gasteiger partial charge in [0.05, 0.1) is 20.8 Å². The largest absolute Gasteiger partial charge is 0.493 e. The zero-order valence-electron chi connectivity index (χ0n) is 9.94. The predicted octanol–water partition coefficient (Wildman–Crippen LogP) is 1.43. The lowest BCUT2D eigenvalue weighted by molar-refractivity contribution is 0.0584. The monoisotopic (exact) mass is 317 g/mol. The molecule has 1 rings (SSSR count). The van der Waals surface area contributed by atoms with Crippen molar-refractivity contribution in [2.75, 3.05) is 26.2 Å². The van der Waals surface area contributed by atoms with Gasteiger partial charge in [-0.25, -0.2) is 14.6 Å². The summed E-state index contributed by atoms with van der Waals surface area (Å²) >= 11 is 3.21. The van der Waals surface area contributed by atoms with Gasteiger partial charge in [0.2, 0.25) is 0 Å². The summed E-state index contributed by atoms with van der Waals surface area (Å²) in [6, 6.07) is 2.81. The van der Waals surface area contributed by atoms with Gasteiger partial charge in [-0.3, -0.25) is 0 Å². The Hall–Kier alpha value is -1.63. The molecule has 0 atom stereocenters. The van der Waals surface area contributed by atoms with Crippen LogP contribution in [-0.2, 0) is 9.47 Å². The Kier molecular flexibility index (Phi) is 5.57. The van der Waals surface area contributed by atoms with Crippen LogP contribution >= 0.6 is 15.9 Å². The van der Waals surface area contributed by atoms with E-state index in [1.54, 1.807) is 0 Å². The van der Waals surface area contributed by atoms with Crippen LogP contribution in [0.5, 0.6) is 5.75 Å². The Labute approximate surface area is 112 Å². The summed E-state index contributed by atoms with van der Waals surface area (Å²) in [6.45, 7) is 0.394. The van der Waals surface area contributed by atoms with Crippen LogP contribution in [0.2, 0.25) is 0 Å². The van der Waals surface area contributed by atoms with E-state index < -0.39 is 11.9 Å². The first kappa shape index (κ1) is 14.4. The molecule has 0 bridgehead atoms. The van der Waals surface area contributed by atoms with E-state index in [9.17, 15) is 9.59 Å². The Morgan fingerprint density at radius 2 is 1.67 bits per heavy atom. The molecule has 0 amide bonds. The number of hydrogen-bond acceptors (Lipinski definition) is 6. The number of pyridine rings is 1. The second-order valence-electron chi connectivity index (χ2n) is 3.09. The predicted molar refractivity (Wildman–Crippen MR) is 66.2 cm³/mol. The van der Waals surface area contributed by atoms with Crippen LogP contribution in [0.25, 0.3) is 0 Å². The molecule has 1 heterocycles. The summed E-state index contributed by atoms with van der Waals surface area (Å²) in [4.78, 5) is 26.6. The lowest BCUT2D eigenvalue weighted by Gasteiger charge is -2.07. The van der Waals surface area contributed by atoms with Crippen molar-refractivity contribution >= 4 is 27.9 Å². The molecule has 0 spiro atoms. The Balaban J connectivity index is 3.11. The van der Waals surface area contributed by atoms with Gasteiger partial charge in [-0.15, -0.1) is 0 Å². The number of esters is 2. The van der Waals surface area contributed by atoms with Gasteiger partial charge in [0, 0.05) is 17.5 Å². The highest BCUT2D eigenvalue weighted by atomic mass is 79.9. The maximum atomic E-state index is 11.4. The van der Waals surface area contributed by atoms with Gasteiger partial charge in [0.15, 0.2) is 11.4 Å². The van der Waals surface area contributed by atoms with Crippen LogP contribution < -0.4 is 4.74 Å². The third-order valence-corrected chi connectivity index (χ3v) is 2.26. The molecule has 0 radical (unpaired) electrons. The normalized spacial score (nSPS) is 9.72. The molecule has 0 saturated heterocycles. The molecule has 0 unspecified atom stereocenters. The van der Waals surface area contributed by atoms with Crippen molar-refractivity contribution in [3.63, 3.8) is 0 Å². The van der Waals surface area contributed by atoms with Crippen LogP contribution in [0.15, 0.2) is 12.1 Å². The lowest BCUT2D eigenvalue weighted by atomic mass is 10.2. The standard InChI is InChI=1S/C11H12BrNO5/c1-16-10(14)8-5-7(18-4-3-12)6-9(13-8)11(15)17-2/h5-6H,3-4H2,1-2H3. The van der Waals surface area contributed by atoms with E-state index in [1.807, 2.05) is 0 Å². The first-order valence-electron chi connectivity index (χ1n) is 4.99. The Morgan fingerprint density at radius 3 is 2.06 bits per heavy atom. The molecule has 0 fully saturated rings. The van der Waals surface area contributed by atoms with Crippen molar-refractivity contribution in [1.29, 1.82) is 0 Å². The fourth-order valence-electron chi connectivity index (χ4n) is 1.16. The molecule has 6 nitrogen and oxygen atoms in total. The molecule has 98 valence electrons. The topological polar surface area (TPSA) is 74.7 Å². The quantitative estimate of drug-likeness (QED) is 0.604. The number of aromatic nitrogens is 1. The average molecular weight is 318 g/mol. The molecule has 0 aromatic carbocycles. The van der Waals surface area contributed by atoms with Crippen LogP contribution in [0.1, 0.15) is 21.0 Å². The Bertz CT molecular complexity index is 415. The maximum absolute atomic E-state index is 11.4. The first-order valence-corrected chi connectivity index (χ1v) is 6.12. The molecule has 1 aromatic rings. The summed E-state index contributed by atoms with van der Waals surface area (Å²) in [6.07, 6.45) is 0. The molecule has 0 aliphatic rings. The zero-order valence-corrected chi connectivity index (χ0v) is 11.5. The van der Waals surface area contributed by atoms with Crippen LogP contribution in [-0.4, -0.2) is 43.1 Å². The van der Waals surface area contributed by atoms with Gasteiger partial charge in [-0.2, -0.15) is 0 Å². The number of carbonyl (C=O) groups excluding carboxylic acids is 2. The van der Waals surface area contributed by atoms with Gasteiger partial charge >= 0.3 is 11.9 Å². The fraction of sp³-hybridized carbons (Fsp3) is 0.364. The van der Waals surface area contributed by atoms with Crippen molar-refractivity contribution in [3.05, 3.63) is 23.5 Å². The van der Waals surface area contributed by atoms with Gasteiger partial charge in [-0.05, 0) is 0 Å². The summed E-state index contributed by atoms with van der Waals surface area (Å²) in [5.74, 6) is -0.945. The molecule has 0 aliphatic carbocycles. The summed E-state index contributed by atoms with van der Waals surface area (Å²) in [5, 5.41) is 0.621. The molecule has 0 saturated carbocycles. The van der Waals surface area contributed by atoms with Gasteiger partial charge in [0.25, 0.3) is 0 Å². The van der Waals surface area contributed by atoms with Crippen LogP contribution in [0.3, 0.4) is 0 Å². The second kappa shape index (κ2) is 6.95. The number of ether oxygens (including phenoxy) is 3. The summed E-state index contributed by atoms with van der Waals surface area (Å²) in [7, 11) is 2.46. The van der Waals surface area contributed by atoms with E-state index in [0.29, 0.717) is 17.7 Å². The van der Waals surface area contributed by atoms with Crippen molar-refractivity contribution in [2.24, 2.45) is 0 Å². The van der Waals surface area contributed by atoms with Crippen molar-refractivity contribution in [1.82, 2.24) is 4.98 Å². The summed E-state index contributed by atoms with van der Waals surface area (Å²) < 4.78 is 14.4. The van der Waals surface area contributed by atoms with E-state index in [-0.39, 0.29) is 11.4 Å². The van der Waals surface area contributed by atoms with E-state index in [4.69, 9.17) is 4.74 Å². The highest BCUT2D eigenvalue weighted by Crippen LogP contribution is 2.16. The van der Waals surface area contributed by atoms with Crippen LogP contribution in [0, 0.1) is 0 Å². The number of methoxy groups -OCH3 is 2. The minimum Gasteiger partial charge on any atom is -0.493 e. The highest BCUT2D eigenvalue weighted by Gasteiger charge is 2.16. The van der Waals surface area contributed by atoms with Crippen LogP contribution in [0.4, 0.5) is 0 Å². The third kappa shape index (κ3) is 3.69. The van der Waals surface area contributed by atoms with Gasteiger partial charge in [0.1, 0.15) is 5.75 Å². The third-order valence-electron chi connectivity index (χ3n) is 1.93. The number of hydrogen-bond donors (Lipinski definition) is 0. The highest BCUT2D eigenvalue weighted by molar-refractivity contribution is 9.09. The summed E-state index contributed by atoms with van der Waals surface area (Å²) in [5.41, 5.74) is -0.0186. The minimum atomic E-state index is -0.649. The van der Waals surface area contributed by atoms with E-state index >= 15 is 0 Å². The lowest BCUT2D eigenvalue weighted by Crippen LogP contribution is -2.12. The fourth-order valence-corrected chi connectivity index (χ4v) is 1.33. The van der Waals surface area contributed by atoms with Gasteiger partial charge < -0.3 is 14.2 Å². The second-order valence-corrected chi connectivity index (χ2v) is 3.89. The minimum absolute atomic E-state index is 0.00928. The van der Waals surface area contributed by atoms with E-state index in [2.05, 4.69) is 30.4 Å². The SMILES string of the molecule is COC(=O)c1cc(OCCBr)cc(C(=O)OC)n1. The van der Waals surface area contributed by atoms with Crippen molar-refractivity contribution in [2.45, 2.75) is 0 Å². The zero-order chi connectivity index (χ0) is 13.5. The number of alkyl halides is 1. The molecular formula is C11H12BrNO5. The maximum Gasteiger partial charge on any atom is 0.356 e. The number of carbonyl (C=O) groups is 2. The van der Waals surface area contributed by atoms with Crippen molar-refractivity contribution < 1.29 is 23.8 Å². The molecule has 7 heteroatoms. The smallest absolute Gasteiger partial charge is 0.356 e. The number of nitrogens with zero attached hydrogens (tertiary/aromatic N) is 1. The molecule has 0 N–H and O–H groups in total. The molecular weight excluding hydrogens is 306 g/mol. The average Bonchev–Trinajstić information content (AvgIpc) is 2.42. The Morgan fingerprint density at radius 1 is 1.17 bits per heavy atom. The van der Waals surface area contributed by atoms with E-state index in [0.717, 1.165) is 0 Å². The van der Waals surface area contributed by atoms with E-state index in [1.165, 1.54) is 26.4 Å². The van der Waals surface area contributed by atoms with Gasteiger partial charge in [-0.1, -0.05) is 15.9 Å². The van der Waals surface area contributed by atoms with Crippen molar-refractivity contribution in [3.8, 4) is 5.75 Å². The number of halogens is 1.